The highest BCUT2D eigenvalue weighted by Gasteiger charge is 2.00. The lowest BCUT2D eigenvalue weighted by atomic mass is 10.5. The smallest absolute Gasteiger partial charge is 0.228 e. The first-order chi connectivity index (χ1) is 3.84. The molecular formula is C3H2N4O. The van der Waals surface area contributed by atoms with Crippen LogP contribution < -0.4 is 5.73 Å². The first-order valence-electron chi connectivity index (χ1n) is 1.82. The molecule has 1 aromatic rings. The predicted octanol–water partition coefficient (Wildman–Crippen LogP) is -0.477. The van der Waals surface area contributed by atoms with Crippen LogP contribution in [0, 0.1) is 11.3 Å². The molecular weight excluding hydrogens is 109 g/mol. The number of nitrogens with zero attached hydrogens (tertiary/aromatic N) is 3. The molecule has 0 radical (unpaired) electrons. The number of hydrogen-bond donors (Lipinski definition) is 1. The molecule has 0 aromatic carbocycles. The van der Waals surface area contributed by atoms with Gasteiger partial charge in [0.2, 0.25) is 11.5 Å². The molecule has 0 amide bonds. The van der Waals surface area contributed by atoms with Gasteiger partial charge in [-0.2, -0.15) is 5.26 Å². The van der Waals surface area contributed by atoms with Gasteiger partial charge in [0.15, 0.2) is 0 Å². The summed E-state index contributed by atoms with van der Waals surface area (Å²) >= 11 is 0. The Kier molecular flexibility index (Phi) is 0.860. The summed E-state index contributed by atoms with van der Waals surface area (Å²) in [6.07, 6.45) is 0. The van der Waals surface area contributed by atoms with Gasteiger partial charge >= 0.3 is 0 Å². The number of nitriles is 1. The summed E-state index contributed by atoms with van der Waals surface area (Å²) in [6, 6.07) is 1.68. The molecule has 40 valence electrons. The summed E-state index contributed by atoms with van der Waals surface area (Å²) in [5.41, 5.74) is 5.09. The molecule has 8 heavy (non-hydrogen) atoms. The van der Waals surface area contributed by atoms with Gasteiger partial charge in [-0.25, -0.2) is 4.63 Å². The number of aromatic nitrogens is 2. The fourth-order valence-electron chi connectivity index (χ4n) is 0.273. The first-order valence-corrected chi connectivity index (χ1v) is 1.82. The Labute approximate surface area is 44.7 Å². The Hall–Kier alpha value is -1.57. The molecule has 2 N–H and O–H groups in total. The topological polar surface area (TPSA) is 88.7 Å². The van der Waals surface area contributed by atoms with Crippen molar-refractivity contribution in [1.29, 1.82) is 5.26 Å². The molecule has 1 rings (SSSR count). The van der Waals surface area contributed by atoms with Crippen molar-refractivity contribution in [1.82, 2.24) is 10.3 Å². The zero-order valence-corrected chi connectivity index (χ0v) is 3.83. The van der Waals surface area contributed by atoms with Crippen LogP contribution in [0.2, 0.25) is 0 Å². The van der Waals surface area contributed by atoms with Crippen LogP contribution in [0.1, 0.15) is 5.69 Å². The van der Waals surface area contributed by atoms with Crippen LogP contribution in [0.4, 0.5) is 5.82 Å². The minimum Gasteiger partial charge on any atom is -0.378 e. The zero-order chi connectivity index (χ0) is 5.98. The van der Waals surface area contributed by atoms with Crippen molar-refractivity contribution in [3.05, 3.63) is 5.69 Å². The minimum absolute atomic E-state index is 0.0324. The van der Waals surface area contributed by atoms with E-state index in [1.54, 1.807) is 6.07 Å². The van der Waals surface area contributed by atoms with E-state index < -0.39 is 0 Å². The van der Waals surface area contributed by atoms with E-state index in [1.807, 2.05) is 0 Å². The van der Waals surface area contributed by atoms with Gasteiger partial charge in [-0.1, -0.05) is 0 Å². The normalized spacial score (nSPS) is 8.38. The number of anilines is 1. The maximum absolute atomic E-state index is 8.11. The van der Waals surface area contributed by atoms with Crippen LogP contribution in [0.15, 0.2) is 4.63 Å². The molecule has 5 heteroatoms. The van der Waals surface area contributed by atoms with Gasteiger partial charge in [-0.3, -0.25) is 0 Å². The Balaban J connectivity index is 3.15. The van der Waals surface area contributed by atoms with Gasteiger partial charge in [0.1, 0.15) is 6.07 Å². The Morgan fingerprint density at radius 3 is 2.62 bits per heavy atom. The molecule has 0 aliphatic carbocycles. The molecule has 0 aliphatic heterocycles. The van der Waals surface area contributed by atoms with Crippen LogP contribution in [0.5, 0.6) is 0 Å². The fourth-order valence-corrected chi connectivity index (χ4v) is 0.273. The van der Waals surface area contributed by atoms with Crippen molar-refractivity contribution in [2.24, 2.45) is 0 Å². The number of nitrogens with two attached hydrogens (primary N) is 1. The molecule has 1 heterocycles. The second-order valence-electron chi connectivity index (χ2n) is 1.11. The van der Waals surface area contributed by atoms with E-state index in [-0.39, 0.29) is 11.5 Å². The number of nitrogen functional groups attached to an aromatic ring is 1. The molecule has 0 bridgehead atoms. The third-order valence-electron chi connectivity index (χ3n) is 0.620. The van der Waals surface area contributed by atoms with Gasteiger partial charge < -0.3 is 5.73 Å². The molecule has 0 fully saturated rings. The third-order valence-corrected chi connectivity index (χ3v) is 0.620. The first kappa shape index (κ1) is 4.59. The lowest BCUT2D eigenvalue weighted by Gasteiger charge is -1.70. The predicted molar refractivity (Wildman–Crippen MR) is 23.4 cm³/mol. The van der Waals surface area contributed by atoms with E-state index in [9.17, 15) is 0 Å². The standard InChI is InChI=1S/C3H2N4O/c4-1-2-3(5)7-8-6-2/h(H2,5,7)/i4+1. The maximum Gasteiger partial charge on any atom is 0.228 e. The van der Waals surface area contributed by atoms with Gasteiger partial charge in [-0.15, -0.1) is 0 Å². The quantitative estimate of drug-likeness (QED) is 0.457. The highest BCUT2D eigenvalue weighted by molar-refractivity contribution is 5.40. The van der Waals surface area contributed by atoms with E-state index in [1.165, 1.54) is 0 Å². The summed E-state index contributed by atoms with van der Waals surface area (Å²) in [5, 5.41) is 14.4. The second-order valence-corrected chi connectivity index (χ2v) is 1.11. The van der Waals surface area contributed by atoms with E-state index in [4.69, 9.17) is 11.0 Å². The maximum atomic E-state index is 8.11. The van der Waals surface area contributed by atoms with E-state index in [0.717, 1.165) is 0 Å². The molecule has 0 spiro atoms. The number of hydrogen-bond acceptors (Lipinski definition) is 5. The van der Waals surface area contributed by atoms with Crippen LogP contribution >= 0.6 is 0 Å². The summed E-state index contributed by atoms with van der Waals surface area (Å²) in [7, 11) is 0. The Morgan fingerprint density at radius 2 is 2.38 bits per heavy atom. The monoisotopic (exact) mass is 111 g/mol. The number of rotatable bonds is 0. The van der Waals surface area contributed by atoms with Crippen molar-refractivity contribution < 1.29 is 4.63 Å². The average molecular weight is 111 g/mol. The lowest BCUT2D eigenvalue weighted by molar-refractivity contribution is 0.307. The average Bonchev–Trinajstić information content (AvgIpc) is 2.14. The van der Waals surface area contributed by atoms with Crippen LogP contribution in [0.25, 0.3) is 0 Å². The second kappa shape index (κ2) is 1.50. The Morgan fingerprint density at radius 1 is 1.62 bits per heavy atom. The highest BCUT2D eigenvalue weighted by Crippen LogP contribution is 1.99. The molecule has 0 aliphatic rings. The van der Waals surface area contributed by atoms with E-state index in [2.05, 4.69) is 14.9 Å². The molecule has 0 unspecified atom stereocenters. The van der Waals surface area contributed by atoms with Gasteiger partial charge in [0.05, 0.1) is 0 Å². The van der Waals surface area contributed by atoms with Crippen molar-refractivity contribution in [3.8, 4) is 6.07 Å². The molecule has 0 saturated heterocycles. The zero-order valence-electron chi connectivity index (χ0n) is 3.83. The minimum atomic E-state index is 0.0324. The van der Waals surface area contributed by atoms with Gasteiger partial charge in [-0.05, 0) is 10.3 Å². The van der Waals surface area contributed by atoms with Crippen molar-refractivity contribution in [2.75, 3.05) is 5.73 Å². The van der Waals surface area contributed by atoms with Crippen molar-refractivity contribution in [2.45, 2.75) is 0 Å². The van der Waals surface area contributed by atoms with Crippen molar-refractivity contribution >= 4 is 5.82 Å². The van der Waals surface area contributed by atoms with Crippen LogP contribution in [-0.4, -0.2) is 10.3 Å². The van der Waals surface area contributed by atoms with Gasteiger partial charge in [0.25, 0.3) is 0 Å². The highest BCUT2D eigenvalue weighted by atomic mass is 16.6. The van der Waals surface area contributed by atoms with Crippen molar-refractivity contribution in [3.63, 3.8) is 0 Å². The van der Waals surface area contributed by atoms with Crippen LogP contribution in [-0.2, 0) is 0 Å². The molecule has 0 saturated carbocycles. The van der Waals surface area contributed by atoms with E-state index >= 15 is 0 Å². The molecule has 5 nitrogen and oxygen atoms in total. The SMILES string of the molecule is Nc1nonc1C#[15N]. The Bertz CT molecular complexity index is 221. The largest absolute Gasteiger partial charge is 0.378 e. The van der Waals surface area contributed by atoms with Crippen LogP contribution in [0.3, 0.4) is 0 Å². The van der Waals surface area contributed by atoms with Gasteiger partial charge in [0, 0.05) is 0 Å². The third kappa shape index (κ3) is 0.479. The van der Waals surface area contributed by atoms with E-state index in [0.29, 0.717) is 0 Å². The summed E-state index contributed by atoms with van der Waals surface area (Å²) in [5.74, 6) is 0.0347. The summed E-state index contributed by atoms with van der Waals surface area (Å²) in [6.45, 7) is 0. The molecule has 1 aromatic heterocycles. The summed E-state index contributed by atoms with van der Waals surface area (Å²) < 4.78 is 4.09. The fraction of sp³-hybridized carbons (Fsp3) is 0. The molecule has 0 atom stereocenters. The lowest BCUT2D eigenvalue weighted by Crippen LogP contribution is -1.86. The summed E-state index contributed by atoms with van der Waals surface area (Å²) in [4.78, 5) is 0.